The van der Waals surface area contributed by atoms with E-state index in [0.717, 1.165) is 0 Å². The zero-order valence-electron chi connectivity index (χ0n) is 12.6. The summed E-state index contributed by atoms with van der Waals surface area (Å²) < 4.78 is 15.8. The maximum atomic E-state index is 13.9. The second-order valence-electron chi connectivity index (χ2n) is 4.79. The van der Waals surface area contributed by atoms with Crippen molar-refractivity contribution in [3.63, 3.8) is 0 Å². The van der Waals surface area contributed by atoms with Crippen molar-refractivity contribution in [2.75, 3.05) is 0 Å². The zero-order chi connectivity index (χ0) is 16.9. The molecule has 5 nitrogen and oxygen atoms in total. The Hall–Kier alpha value is -2.25. The Kier molecular flexibility index (Phi) is 5.22. The summed E-state index contributed by atoms with van der Waals surface area (Å²) in [5.74, 6) is 0.602. The van der Waals surface area contributed by atoms with Crippen LogP contribution in [0, 0.1) is 5.82 Å². The fourth-order valence-electron chi connectivity index (χ4n) is 2.10. The lowest BCUT2D eigenvalue weighted by Gasteiger charge is -2.08. The van der Waals surface area contributed by atoms with Gasteiger partial charge in [0.1, 0.15) is 11.5 Å². The smallest absolute Gasteiger partial charge is 0.192 e. The van der Waals surface area contributed by atoms with Crippen LogP contribution in [-0.2, 0) is 12.3 Å². The highest BCUT2D eigenvalue weighted by atomic mass is 35.5. The summed E-state index contributed by atoms with van der Waals surface area (Å²) in [6, 6.07) is 4.64. The Labute approximate surface area is 147 Å². The van der Waals surface area contributed by atoms with E-state index in [1.807, 2.05) is 4.57 Å². The molecule has 122 valence electrons. The summed E-state index contributed by atoms with van der Waals surface area (Å²) in [4.78, 5) is 8.29. The minimum absolute atomic E-state index is 0.334. The zero-order valence-corrected chi connectivity index (χ0v) is 14.1. The summed E-state index contributed by atoms with van der Waals surface area (Å²) in [6.45, 7) is 4.26. The van der Waals surface area contributed by atoms with Crippen LogP contribution in [0.25, 0.3) is 11.5 Å². The van der Waals surface area contributed by atoms with E-state index in [1.54, 1.807) is 36.8 Å². The molecule has 0 atom stereocenters. The van der Waals surface area contributed by atoms with E-state index in [0.29, 0.717) is 39.6 Å². The number of hydrogen-bond donors (Lipinski definition) is 0. The van der Waals surface area contributed by atoms with Crippen LogP contribution in [0.4, 0.5) is 4.39 Å². The molecule has 0 fully saturated rings. The third-order valence-corrected chi connectivity index (χ3v) is 4.58. The van der Waals surface area contributed by atoms with Gasteiger partial charge in [-0.1, -0.05) is 35.5 Å². The lowest BCUT2D eigenvalue weighted by Crippen LogP contribution is -2.02. The number of hydrogen-bond acceptors (Lipinski definition) is 5. The Morgan fingerprint density at radius 2 is 2.17 bits per heavy atom. The van der Waals surface area contributed by atoms with Gasteiger partial charge >= 0.3 is 0 Å². The van der Waals surface area contributed by atoms with Crippen LogP contribution in [0.2, 0.25) is 5.02 Å². The fourth-order valence-corrected chi connectivity index (χ4v) is 3.39. The van der Waals surface area contributed by atoms with Gasteiger partial charge in [0.15, 0.2) is 11.0 Å². The largest absolute Gasteiger partial charge is 0.297 e. The first-order valence-electron chi connectivity index (χ1n) is 7.07. The quantitative estimate of drug-likeness (QED) is 0.490. The number of nitrogens with zero attached hydrogens (tertiary/aromatic N) is 5. The van der Waals surface area contributed by atoms with E-state index in [-0.39, 0.29) is 5.82 Å². The highest BCUT2D eigenvalue weighted by Gasteiger charge is 2.16. The van der Waals surface area contributed by atoms with Crippen molar-refractivity contribution in [2.45, 2.75) is 17.5 Å². The summed E-state index contributed by atoms with van der Waals surface area (Å²) in [5.41, 5.74) is 1.06. The van der Waals surface area contributed by atoms with E-state index >= 15 is 0 Å². The summed E-state index contributed by atoms with van der Waals surface area (Å²) in [6.07, 6.45) is 6.54. The van der Waals surface area contributed by atoms with Gasteiger partial charge in [-0.05, 0) is 12.1 Å². The SMILES string of the molecule is C=CCn1c(SCc2c(F)cccc2Cl)nnc1-c1cnccn1. The predicted octanol–water partition coefficient (Wildman–Crippen LogP) is 4.01. The van der Waals surface area contributed by atoms with Crippen LogP contribution in [-0.4, -0.2) is 24.7 Å². The molecular weight excluding hydrogens is 349 g/mol. The first kappa shape index (κ1) is 16.6. The lowest BCUT2D eigenvalue weighted by atomic mass is 10.2. The van der Waals surface area contributed by atoms with Crippen molar-refractivity contribution in [2.24, 2.45) is 0 Å². The van der Waals surface area contributed by atoms with Gasteiger partial charge in [-0.2, -0.15) is 0 Å². The molecule has 0 N–H and O–H groups in total. The van der Waals surface area contributed by atoms with E-state index in [4.69, 9.17) is 11.6 Å². The monoisotopic (exact) mass is 361 g/mol. The average Bonchev–Trinajstić information content (AvgIpc) is 2.98. The highest BCUT2D eigenvalue weighted by Crippen LogP contribution is 2.29. The molecule has 2 heterocycles. The fraction of sp³-hybridized carbons (Fsp3) is 0.125. The molecule has 3 aromatic rings. The molecule has 0 saturated heterocycles. The molecule has 0 aliphatic rings. The lowest BCUT2D eigenvalue weighted by molar-refractivity contribution is 0.617. The second kappa shape index (κ2) is 7.55. The molecule has 1 aromatic carbocycles. The standard InChI is InChI=1S/C16H13ClFN5S/c1-2-8-23-15(14-9-19-6-7-20-14)21-22-16(23)24-10-11-12(17)4-3-5-13(11)18/h2-7,9H,1,8,10H2. The minimum atomic E-state index is -0.334. The molecule has 24 heavy (non-hydrogen) atoms. The molecule has 2 aromatic heterocycles. The Bertz CT molecular complexity index is 833. The van der Waals surface area contributed by atoms with Gasteiger partial charge in [0.2, 0.25) is 0 Å². The minimum Gasteiger partial charge on any atom is -0.297 e. The van der Waals surface area contributed by atoms with Crippen LogP contribution in [0.3, 0.4) is 0 Å². The number of halogens is 2. The van der Waals surface area contributed by atoms with Crippen molar-refractivity contribution in [3.8, 4) is 11.5 Å². The first-order chi connectivity index (χ1) is 11.7. The molecule has 0 aliphatic carbocycles. The Morgan fingerprint density at radius 3 is 2.88 bits per heavy atom. The third-order valence-electron chi connectivity index (χ3n) is 3.23. The summed E-state index contributed by atoms with van der Waals surface area (Å²) in [7, 11) is 0. The van der Waals surface area contributed by atoms with E-state index in [1.165, 1.54) is 17.8 Å². The van der Waals surface area contributed by atoms with Crippen LogP contribution < -0.4 is 0 Å². The number of benzene rings is 1. The molecule has 0 saturated carbocycles. The molecule has 3 rings (SSSR count). The van der Waals surface area contributed by atoms with Crippen molar-refractivity contribution >= 4 is 23.4 Å². The van der Waals surface area contributed by atoms with Gasteiger partial charge in [0.05, 0.1) is 6.20 Å². The maximum Gasteiger partial charge on any atom is 0.192 e. The van der Waals surface area contributed by atoms with Crippen LogP contribution >= 0.6 is 23.4 Å². The van der Waals surface area contributed by atoms with Crippen molar-refractivity contribution in [3.05, 3.63) is 65.8 Å². The molecule has 0 amide bonds. The summed E-state index contributed by atoms with van der Waals surface area (Å²) >= 11 is 7.42. The molecule has 8 heteroatoms. The van der Waals surface area contributed by atoms with Crippen LogP contribution in [0.15, 0.2) is 54.6 Å². The second-order valence-corrected chi connectivity index (χ2v) is 6.13. The molecule has 0 bridgehead atoms. The number of aromatic nitrogens is 5. The van der Waals surface area contributed by atoms with Crippen molar-refractivity contribution in [1.82, 2.24) is 24.7 Å². The summed E-state index contributed by atoms with van der Waals surface area (Å²) in [5, 5.41) is 9.39. The van der Waals surface area contributed by atoms with Crippen LogP contribution in [0.5, 0.6) is 0 Å². The molecule has 0 radical (unpaired) electrons. The van der Waals surface area contributed by atoms with Crippen molar-refractivity contribution in [1.29, 1.82) is 0 Å². The van der Waals surface area contributed by atoms with E-state index in [9.17, 15) is 4.39 Å². The number of rotatable bonds is 6. The van der Waals surface area contributed by atoms with Crippen LogP contribution in [0.1, 0.15) is 5.56 Å². The van der Waals surface area contributed by atoms with Gasteiger partial charge in [-0.15, -0.1) is 16.8 Å². The van der Waals surface area contributed by atoms with Crippen molar-refractivity contribution < 1.29 is 4.39 Å². The number of allylic oxidation sites excluding steroid dienone is 1. The maximum absolute atomic E-state index is 13.9. The molecule has 0 spiro atoms. The molecule has 0 aliphatic heterocycles. The van der Waals surface area contributed by atoms with Gasteiger partial charge in [-0.25, -0.2) is 9.37 Å². The Morgan fingerprint density at radius 1 is 1.29 bits per heavy atom. The third kappa shape index (κ3) is 3.47. The van der Waals surface area contributed by atoms with Gasteiger partial charge in [0.25, 0.3) is 0 Å². The number of thioether (sulfide) groups is 1. The molecule has 0 unspecified atom stereocenters. The Balaban J connectivity index is 1.89. The van der Waals surface area contributed by atoms with Gasteiger partial charge < -0.3 is 0 Å². The highest BCUT2D eigenvalue weighted by molar-refractivity contribution is 7.98. The molecular formula is C16H13ClFN5S. The topological polar surface area (TPSA) is 56.5 Å². The average molecular weight is 362 g/mol. The first-order valence-corrected chi connectivity index (χ1v) is 8.43. The normalized spacial score (nSPS) is 10.8. The van der Waals surface area contributed by atoms with E-state index in [2.05, 4.69) is 26.7 Å². The van der Waals surface area contributed by atoms with Gasteiger partial charge in [-0.3, -0.25) is 9.55 Å². The van der Waals surface area contributed by atoms with Gasteiger partial charge in [0, 0.05) is 35.3 Å². The predicted molar refractivity (Wildman–Crippen MR) is 92.2 cm³/mol. The van der Waals surface area contributed by atoms with E-state index < -0.39 is 0 Å².